The standard InChI is InChI=1S/C14H18N2OS/c1-10-5-4-7-12-13(10)16(14(18)15-12)9-11-6-2-3-8-17-11/h4-5,7,11H,2-3,6,8-9H2,1H3,(H,15,18). The number of benzene rings is 1. The molecule has 1 aliphatic heterocycles. The lowest BCUT2D eigenvalue weighted by Crippen LogP contribution is -2.24. The van der Waals surface area contributed by atoms with Crippen LogP contribution in [0.3, 0.4) is 0 Å². The smallest absolute Gasteiger partial charge is 0.178 e. The number of aromatic nitrogens is 2. The van der Waals surface area contributed by atoms with Crippen LogP contribution in [0.1, 0.15) is 24.8 Å². The van der Waals surface area contributed by atoms with Crippen LogP contribution in [0.2, 0.25) is 0 Å². The topological polar surface area (TPSA) is 29.9 Å². The number of aryl methyl sites for hydroxylation is 1. The first-order valence-electron chi connectivity index (χ1n) is 6.55. The van der Waals surface area contributed by atoms with Crippen molar-refractivity contribution in [3.05, 3.63) is 28.5 Å². The van der Waals surface area contributed by atoms with Crippen LogP contribution >= 0.6 is 12.2 Å². The first-order chi connectivity index (χ1) is 8.75. The fourth-order valence-corrected chi connectivity index (χ4v) is 3.01. The van der Waals surface area contributed by atoms with Gasteiger partial charge in [-0.3, -0.25) is 0 Å². The number of imidazole rings is 1. The highest BCUT2D eigenvalue weighted by atomic mass is 32.1. The van der Waals surface area contributed by atoms with Crippen molar-refractivity contribution in [3.63, 3.8) is 0 Å². The Labute approximate surface area is 112 Å². The van der Waals surface area contributed by atoms with Gasteiger partial charge in [-0.25, -0.2) is 0 Å². The molecule has 4 heteroatoms. The SMILES string of the molecule is Cc1cccc2[nH]c(=S)n(CC3CCCCO3)c12. The summed E-state index contributed by atoms with van der Waals surface area (Å²) in [6, 6.07) is 6.27. The van der Waals surface area contributed by atoms with Crippen molar-refractivity contribution >= 4 is 23.3 Å². The minimum absolute atomic E-state index is 0.309. The molecule has 0 saturated carbocycles. The van der Waals surface area contributed by atoms with E-state index in [0.29, 0.717) is 6.10 Å². The molecule has 18 heavy (non-hydrogen) atoms. The van der Waals surface area contributed by atoms with Crippen molar-refractivity contribution in [2.75, 3.05) is 6.61 Å². The molecule has 1 unspecified atom stereocenters. The lowest BCUT2D eigenvalue weighted by Gasteiger charge is -2.23. The minimum Gasteiger partial charge on any atom is -0.376 e. The second-order valence-electron chi connectivity index (χ2n) is 5.00. The average Bonchev–Trinajstić information content (AvgIpc) is 2.69. The van der Waals surface area contributed by atoms with Gasteiger partial charge in [0.15, 0.2) is 4.77 Å². The molecule has 2 aromatic rings. The van der Waals surface area contributed by atoms with Gasteiger partial charge in [0.1, 0.15) is 0 Å². The lowest BCUT2D eigenvalue weighted by molar-refractivity contribution is 0.00640. The summed E-state index contributed by atoms with van der Waals surface area (Å²) < 4.78 is 8.80. The van der Waals surface area contributed by atoms with Crippen molar-refractivity contribution in [2.45, 2.75) is 38.8 Å². The maximum atomic E-state index is 5.81. The molecule has 1 atom stereocenters. The molecule has 3 rings (SSSR count). The van der Waals surface area contributed by atoms with Crippen LogP contribution in [0.5, 0.6) is 0 Å². The summed E-state index contributed by atoms with van der Waals surface area (Å²) in [6.45, 7) is 3.88. The van der Waals surface area contributed by atoms with Crippen LogP contribution in [0, 0.1) is 11.7 Å². The van der Waals surface area contributed by atoms with Gasteiger partial charge < -0.3 is 14.3 Å². The monoisotopic (exact) mass is 262 g/mol. The molecule has 1 aliphatic rings. The Bertz CT molecular complexity index is 608. The van der Waals surface area contributed by atoms with Crippen molar-refractivity contribution in [3.8, 4) is 0 Å². The van der Waals surface area contributed by atoms with E-state index in [2.05, 4.69) is 34.7 Å². The predicted molar refractivity (Wildman–Crippen MR) is 75.5 cm³/mol. The molecule has 3 nitrogen and oxygen atoms in total. The van der Waals surface area contributed by atoms with E-state index in [0.717, 1.165) is 29.9 Å². The van der Waals surface area contributed by atoms with Gasteiger partial charge in [-0.15, -0.1) is 0 Å². The van der Waals surface area contributed by atoms with Gasteiger partial charge in [0.05, 0.1) is 23.7 Å². The zero-order chi connectivity index (χ0) is 12.5. The Morgan fingerprint density at radius 3 is 3.11 bits per heavy atom. The second-order valence-corrected chi connectivity index (χ2v) is 5.39. The Kier molecular flexibility index (Phi) is 3.22. The molecule has 96 valence electrons. The van der Waals surface area contributed by atoms with Crippen LogP contribution in [0.25, 0.3) is 11.0 Å². The molecule has 1 fully saturated rings. The van der Waals surface area contributed by atoms with Gasteiger partial charge in [-0.05, 0) is 50.0 Å². The molecule has 0 spiro atoms. The number of nitrogens with one attached hydrogen (secondary N) is 1. The largest absolute Gasteiger partial charge is 0.376 e. The third kappa shape index (κ3) is 2.10. The highest BCUT2D eigenvalue weighted by molar-refractivity contribution is 7.71. The Hall–Kier alpha value is -1.13. The molecule has 0 bridgehead atoms. The fourth-order valence-electron chi connectivity index (χ4n) is 2.73. The van der Waals surface area contributed by atoms with Gasteiger partial charge in [0.25, 0.3) is 0 Å². The van der Waals surface area contributed by atoms with E-state index in [4.69, 9.17) is 17.0 Å². The predicted octanol–water partition coefficient (Wildman–Crippen LogP) is 3.58. The zero-order valence-corrected chi connectivity index (χ0v) is 11.4. The molecule has 1 aromatic carbocycles. The average molecular weight is 262 g/mol. The second kappa shape index (κ2) is 4.86. The van der Waals surface area contributed by atoms with E-state index in [-0.39, 0.29) is 0 Å². The summed E-state index contributed by atoms with van der Waals surface area (Å²) in [5.41, 5.74) is 3.60. The number of fused-ring (bicyclic) bond motifs is 1. The Balaban J connectivity index is 2.00. The number of para-hydroxylation sites is 1. The third-order valence-corrected chi connectivity index (χ3v) is 3.98. The molecule has 1 saturated heterocycles. The van der Waals surface area contributed by atoms with E-state index < -0.39 is 0 Å². The molecule has 1 aromatic heterocycles. The number of rotatable bonds is 2. The first kappa shape index (κ1) is 11.9. The summed E-state index contributed by atoms with van der Waals surface area (Å²) in [5.74, 6) is 0. The number of aromatic amines is 1. The molecule has 0 amide bonds. The van der Waals surface area contributed by atoms with E-state index >= 15 is 0 Å². The lowest BCUT2D eigenvalue weighted by atomic mass is 10.1. The van der Waals surface area contributed by atoms with Gasteiger partial charge in [-0.2, -0.15) is 0 Å². The van der Waals surface area contributed by atoms with Crippen molar-refractivity contribution < 1.29 is 4.74 Å². The minimum atomic E-state index is 0.309. The third-order valence-electron chi connectivity index (χ3n) is 3.65. The summed E-state index contributed by atoms with van der Waals surface area (Å²) in [5, 5.41) is 0. The number of ether oxygens (including phenoxy) is 1. The number of nitrogens with zero attached hydrogens (tertiary/aromatic N) is 1. The van der Waals surface area contributed by atoms with E-state index in [1.807, 2.05) is 0 Å². The van der Waals surface area contributed by atoms with Crippen LogP contribution in [0.15, 0.2) is 18.2 Å². The molecule has 0 aliphatic carbocycles. The highest BCUT2D eigenvalue weighted by Crippen LogP contribution is 2.21. The fraction of sp³-hybridized carbons (Fsp3) is 0.500. The summed E-state index contributed by atoms with van der Waals surface area (Å²) >= 11 is 5.43. The summed E-state index contributed by atoms with van der Waals surface area (Å²) in [7, 11) is 0. The van der Waals surface area contributed by atoms with E-state index in [9.17, 15) is 0 Å². The zero-order valence-electron chi connectivity index (χ0n) is 10.6. The van der Waals surface area contributed by atoms with Gasteiger partial charge >= 0.3 is 0 Å². The van der Waals surface area contributed by atoms with Crippen molar-refractivity contribution in [1.29, 1.82) is 0 Å². The van der Waals surface area contributed by atoms with E-state index in [1.54, 1.807) is 0 Å². The van der Waals surface area contributed by atoms with Crippen LogP contribution in [0.4, 0.5) is 0 Å². The van der Waals surface area contributed by atoms with Crippen LogP contribution < -0.4 is 0 Å². The van der Waals surface area contributed by atoms with Crippen LogP contribution in [-0.2, 0) is 11.3 Å². The number of hydrogen-bond donors (Lipinski definition) is 1. The highest BCUT2D eigenvalue weighted by Gasteiger charge is 2.16. The maximum Gasteiger partial charge on any atom is 0.178 e. The quantitative estimate of drug-likeness (QED) is 0.838. The van der Waals surface area contributed by atoms with E-state index in [1.165, 1.54) is 23.9 Å². The van der Waals surface area contributed by atoms with Crippen LogP contribution in [-0.4, -0.2) is 22.3 Å². The molecule has 2 heterocycles. The Morgan fingerprint density at radius 1 is 1.44 bits per heavy atom. The normalized spacial score (nSPS) is 20.4. The molecular formula is C14H18N2OS. The Morgan fingerprint density at radius 2 is 2.33 bits per heavy atom. The summed E-state index contributed by atoms with van der Waals surface area (Å²) in [6.07, 6.45) is 3.90. The molecule has 1 N–H and O–H groups in total. The maximum absolute atomic E-state index is 5.81. The van der Waals surface area contributed by atoms with Gasteiger partial charge in [0, 0.05) is 6.61 Å². The van der Waals surface area contributed by atoms with Gasteiger partial charge in [-0.1, -0.05) is 12.1 Å². The summed E-state index contributed by atoms with van der Waals surface area (Å²) in [4.78, 5) is 3.28. The van der Waals surface area contributed by atoms with Gasteiger partial charge in [0.2, 0.25) is 0 Å². The van der Waals surface area contributed by atoms with Crippen molar-refractivity contribution in [2.24, 2.45) is 0 Å². The number of H-pyrrole nitrogens is 1. The first-order valence-corrected chi connectivity index (χ1v) is 6.96. The molecule has 0 radical (unpaired) electrons. The molecular weight excluding hydrogens is 244 g/mol. The number of hydrogen-bond acceptors (Lipinski definition) is 2. The van der Waals surface area contributed by atoms with Crippen molar-refractivity contribution in [1.82, 2.24) is 9.55 Å².